The Morgan fingerprint density at radius 1 is 1.53 bits per heavy atom. The summed E-state index contributed by atoms with van der Waals surface area (Å²) in [5.41, 5.74) is 0.911. The van der Waals surface area contributed by atoms with E-state index in [0.717, 1.165) is 5.56 Å². The van der Waals surface area contributed by atoms with Crippen LogP contribution in [0.15, 0.2) is 41.9 Å². The number of nitrogens with zero attached hydrogens (tertiary/aromatic N) is 2. The second-order valence-corrected chi connectivity index (χ2v) is 3.52. The highest BCUT2D eigenvalue weighted by Crippen LogP contribution is 2.12. The minimum atomic E-state index is -0.408. The van der Waals surface area contributed by atoms with Crippen LogP contribution in [0.5, 0.6) is 0 Å². The SMILES string of the molecule is C=CCNC(=NC)NCc1cccc([N+](=O)[O-])c1.I. The number of non-ortho nitro benzene ring substituents is 1. The van der Waals surface area contributed by atoms with Crippen molar-refractivity contribution in [1.82, 2.24) is 10.6 Å². The summed E-state index contributed by atoms with van der Waals surface area (Å²) in [6, 6.07) is 6.48. The van der Waals surface area contributed by atoms with Crippen LogP contribution in [-0.4, -0.2) is 24.5 Å². The van der Waals surface area contributed by atoms with Crippen molar-refractivity contribution in [2.45, 2.75) is 6.54 Å². The third-order valence-electron chi connectivity index (χ3n) is 2.22. The predicted octanol–water partition coefficient (Wildman–Crippen LogP) is 2.06. The molecule has 0 amide bonds. The van der Waals surface area contributed by atoms with Crippen molar-refractivity contribution in [3.63, 3.8) is 0 Å². The molecule has 0 heterocycles. The molecule has 0 fully saturated rings. The number of aliphatic imine (C=N–C) groups is 1. The van der Waals surface area contributed by atoms with E-state index in [-0.39, 0.29) is 29.7 Å². The summed E-state index contributed by atoms with van der Waals surface area (Å²) >= 11 is 0. The number of rotatable bonds is 5. The molecule has 0 spiro atoms. The molecule has 6 nitrogen and oxygen atoms in total. The summed E-state index contributed by atoms with van der Waals surface area (Å²) in [6.45, 7) is 4.67. The van der Waals surface area contributed by atoms with Gasteiger partial charge in [-0.1, -0.05) is 18.2 Å². The van der Waals surface area contributed by atoms with Crippen molar-refractivity contribution in [1.29, 1.82) is 0 Å². The van der Waals surface area contributed by atoms with Gasteiger partial charge in [0.25, 0.3) is 5.69 Å². The van der Waals surface area contributed by atoms with Crippen molar-refractivity contribution >= 4 is 35.6 Å². The molecular weight excluding hydrogens is 359 g/mol. The van der Waals surface area contributed by atoms with Gasteiger partial charge in [0.1, 0.15) is 0 Å². The Morgan fingerprint density at radius 3 is 2.84 bits per heavy atom. The molecule has 7 heteroatoms. The van der Waals surface area contributed by atoms with E-state index in [2.05, 4.69) is 22.2 Å². The molecule has 1 rings (SSSR count). The molecule has 0 bridgehead atoms. The van der Waals surface area contributed by atoms with Gasteiger partial charge in [0.2, 0.25) is 0 Å². The predicted molar refractivity (Wildman–Crippen MR) is 86.9 cm³/mol. The second kappa shape index (κ2) is 9.31. The van der Waals surface area contributed by atoms with E-state index in [1.165, 1.54) is 12.1 Å². The molecule has 0 unspecified atom stereocenters. The van der Waals surface area contributed by atoms with E-state index in [4.69, 9.17) is 0 Å². The van der Waals surface area contributed by atoms with E-state index in [1.807, 2.05) is 6.07 Å². The van der Waals surface area contributed by atoms with E-state index < -0.39 is 4.92 Å². The Kier molecular flexibility index (Phi) is 8.51. The first kappa shape index (κ1) is 17.4. The lowest BCUT2D eigenvalue weighted by atomic mass is 10.2. The van der Waals surface area contributed by atoms with Gasteiger partial charge in [-0.2, -0.15) is 0 Å². The average molecular weight is 376 g/mol. The number of hydrogen-bond donors (Lipinski definition) is 2. The Hall–Kier alpha value is -1.64. The number of nitrogens with one attached hydrogen (secondary N) is 2. The molecule has 0 aliphatic carbocycles. The highest BCUT2D eigenvalue weighted by atomic mass is 127. The van der Waals surface area contributed by atoms with Crippen molar-refractivity contribution in [3.8, 4) is 0 Å². The molecule has 0 aromatic heterocycles. The van der Waals surface area contributed by atoms with E-state index >= 15 is 0 Å². The molecule has 1 aromatic rings. The van der Waals surface area contributed by atoms with Gasteiger partial charge < -0.3 is 10.6 Å². The number of nitro groups is 1. The third kappa shape index (κ3) is 6.18. The summed E-state index contributed by atoms with van der Waals surface area (Å²) in [5.74, 6) is 0.626. The largest absolute Gasteiger partial charge is 0.353 e. The Bertz CT molecular complexity index is 463. The molecule has 0 atom stereocenters. The maximum Gasteiger partial charge on any atom is 0.269 e. The quantitative estimate of drug-likeness (QED) is 0.206. The maximum absolute atomic E-state index is 10.6. The average Bonchev–Trinajstić information content (AvgIpc) is 2.39. The summed E-state index contributed by atoms with van der Waals surface area (Å²) in [7, 11) is 1.66. The number of benzene rings is 1. The van der Waals surface area contributed by atoms with Gasteiger partial charge in [-0.05, 0) is 5.56 Å². The third-order valence-corrected chi connectivity index (χ3v) is 2.22. The fraction of sp³-hybridized carbons (Fsp3) is 0.250. The molecule has 2 N–H and O–H groups in total. The van der Waals surface area contributed by atoms with Gasteiger partial charge in [-0.25, -0.2) is 0 Å². The van der Waals surface area contributed by atoms with Crippen LogP contribution >= 0.6 is 24.0 Å². The number of hydrogen-bond acceptors (Lipinski definition) is 3. The summed E-state index contributed by atoms with van der Waals surface area (Å²) in [4.78, 5) is 14.2. The normalized spacial score (nSPS) is 10.3. The van der Waals surface area contributed by atoms with Crippen molar-refractivity contribution < 1.29 is 4.92 Å². The fourth-order valence-electron chi connectivity index (χ4n) is 1.36. The van der Waals surface area contributed by atoms with E-state index in [9.17, 15) is 10.1 Å². The fourth-order valence-corrected chi connectivity index (χ4v) is 1.36. The molecule has 1 aromatic carbocycles. The van der Waals surface area contributed by atoms with Crippen LogP contribution in [-0.2, 0) is 6.54 Å². The number of nitro benzene ring substituents is 1. The molecule has 104 valence electrons. The Morgan fingerprint density at radius 2 is 2.26 bits per heavy atom. The molecule has 0 radical (unpaired) electrons. The van der Waals surface area contributed by atoms with Crippen LogP contribution in [0, 0.1) is 10.1 Å². The second-order valence-electron chi connectivity index (χ2n) is 3.52. The van der Waals surface area contributed by atoms with Gasteiger partial charge in [-0.15, -0.1) is 30.6 Å². The van der Waals surface area contributed by atoms with Gasteiger partial charge in [0.05, 0.1) is 4.92 Å². The first-order valence-corrected chi connectivity index (χ1v) is 5.46. The lowest BCUT2D eigenvalue weighted by Crippen LogP contribution is -2.36. The van der Waals surface area contributed by atoms with Gasteiger partial charge in [0.15, 0.2) is 5.96 Å². The smallest absolute Gasteiger partial charge is 0.269 e. The first-order chi connectivity index (χ1) is 8.67. The maximum atomic E-state index is 10.6. The summed E-state index contributed by atoms with van der Waals surface area (Å²) in [6.07, 6.45) is 1.72. The van der Waals surface area contributed by atoms with Gasteiger partial charge in [0, 0.05) is 32.3 Å². The standard InChI is InChI=1S/C12H16N4O2.HI/c1-3-7-14-12(13-2)15-9-10-5-4-6-11(8-10)16(17)18;/h3-6,8H,1,7,9H2,2H3,(H2,13,14,15);1H. The van der Waals surface area contributed by atoms with Crippen molar-refractivity contribution in [3.05, 3.63) is 52.6 Å². The molecule has 19 heavy (non-hydrogen) atoms. The number of guanidine groups is 1. The highest BCUT2D eigenvalue weighted by molar-refractivity contribution is 14.0. The zero-order chi connectivity index (χ0) is 13.4. The molecule has 0 saturated carbocycles. The Labute approximate surface area is 129 Å². The van der Waals surface area contributed by atoms with Crippen LogP contribution in [0.1, 0.15) is 5.56 Å². The van der Waals surface area contributed by atoms with E-state index in [1.54, 1.807) is 19.2 Å². The molecule has 0 aliphatic heterocycles. The van der Waals surface area contributed by atoms with Crippen LogP contribution in [0.4, 0.5) is 5.69 Å². The summed E-state index contributed by atoms with van der Waals surface area (Å²) in [5, 5.41) is 16.7. The van der Waals surface area contributed by atoms with Crippen LogP contribution in [0.3, 0.4) is 0 Å². The minimum absolute atomic E-state index is 0. The number of halogens is 1. The zero-order valence-corrected chi connectivity index (χ0v) is 13.0. The van der Waals surface area contributed by atoms with E-state index in [0.29, 0.717) is 19.0 Å². The van der Waals surface area contributed by atoms with Crippen molar-refractivity contribution in [2.24, 2.45) is 4.99 Å². The molecule has 0 saturated heterocycles. The molecular formula is C12H17IN4O2. The molecule has 0 aliphatic rings. The van der Waals surface area contributed by atoms with Crippen LogP contribution in [0.2, 0.25) is 0 Å². The van der Waals surface area contributed by atoms with Crippen LogP contribution in [0.25, 0.3) is 0 Å². The lowest BCUT2D eigenvalue weighted by molar-refractivity contribution is -0.384. The lowest BCUT2D eigenvalue weighted by Gasteiger charge is -2.10. The monoisotopic (exact) mass is 376 g/mol. The van der Waals surface area contributed by atoms with Gasteiger partial charge >= 0.3 is 0 Å². The topological polar surface area (TPSA) is 79.6 Å². The highest BCUT2D eigenvalue weighted by Gasteiger charge is 2.05. The van der Waals surface area contributed by atoms with Gasteiger partial charge in [-0.3, -0.25) is 15.1 Å². The zero-order valence-electron chi connectivity index (χ0n) is 10.6. The Balaban J connectivity index is 0.00000324. The van der Waals surface area contributed by atoms with Crippen LogP contribution < -0.4 is 10.6 Å². The minimum Gasteiger partial charge on any atom is -0.353 e. The summed E-state index contributed by atoms with van der Waals surface area (Å²) < 4.78 is 0. The van der Waals surface area contributed by atoms with Crippen molar-refractivity contribution in [2.75, 3.05) is 13.6 Å². The first-order valence-electron chi connectivity index (χ1n) is 5.46.